The average molecular weight is 508 g/mol. The number of benzene rings is 2. The third-order valence-corrected chi connectivity index (χ3v) is 5.73. The number of aromatic nitrogens is 5. The highest BCUT2D eigenvalue weighted by Gasteiger charge is 2.24. The highest BCUT2D eigenvalue weighted by molar-refractivity contribution is 7.98. The number of anilines is 1. The number of primary amides is 1. The summed E-state index contributed by atoms with van der Waals surface area (Å²) in [5.41, 5.74) is 17.8. The summed E-state index contributed by atoms with van der Waals surface area (Å²) in [7, 11) is 0. The van der Waals surface area contributed by atoms with Gasteiger partial charge in [-0.3, -0.25) is 20.4 Å². The van der Waals surface area contributed by atoms with Crippen LogP contribution in [0.5, 0.6) is 5.75 Å². The van der Waals surface area contributed by atoms with E-state index in [0.717, 1.165) is 4.90 Å². The zero-order valence-corrected chi connectivity index (χ0v) is 19.6. The Morgan fingerprint density at radius 2 is 1.83 bits per heavy atom. The molecule has 0 unspecified atom stereocenters. The standard InChI is InChI=1S/C22H21N9O4S/c1-13(14-7-9-15(10-8-14)34-11-18(23)32)25-27-22(33)19-17(12-36-16-5-3-2-4-6-16)31(30-26-19)21-20(24)28-35-29-21/h2-10,25H,1,11-12H2,(H2,23,32)(H2,24,28)(H,27,33). The number of carbonyl (C=O) groups excluding carboxylic acids is 2. The van der Waals surface area contributed by atoms with E-state index in [4.69, 9.17) is 16.2 Å². The molecule has 0 aliphatic carbocycles. The van der Waals surface area contributed by atoms with Crippen molar-refractivity contribution >= 4 is 35.1 Å². The van der Waals surface area contributed by atoms with Crippen LogP contribution in [0.25, 0.3) is 11.5 Å². The van der Waals surface area contributed by atoms with Crippen LogP contribution < -0.4 is 27.1 Å². The molecule has 4 aromatic rings. The molecule has 2 aromatic carbocycles. The van der Waals surface area contributed by atoms with Crippen molar-refractivity contribution in [2.24, 2.45) is 5.73 Å². The quantitative estimate of drug-likeness (QED) is 0.169. The smallest absolute Gasteiger partial charge is 0.292 e. The Hall–Kier alpha value is -4.85. The summed E-state index contributed by atoms with van der Waals surface area (Å²) in [5.74, 6) is -0.196. The first-order chi connectivity index (χ1) is 17.4. The molecule has 0 spiro atoms. The van der Waals surface area contributed by atoms with Crippen LogP contribution in [0.2, 0.25) is 0 Å². The Balaban J connectivity index is 1.46. The molecule has 0 aliphatic rings. The number of hydrazine groups is 1. The Bertz CT molecular complexity index is 1370. The Morgan fingerprint density at radius 3 is 2.50 bits per heavy atom. The Morgan fingerprint density at radius 1 is 1.08 bits per heavy atom. The predicted molar refractivity (Wildman–Crippen MR) is 130 cm³/mol. The molecule has 0 atom stereocenters. The molecule has 0 radical (unpaired) electrons. The third-order valence-electron chi connectivity index (χ3n) is 4.70. The highest BCUT2D eigenvalue weighted by atomic mass is 32.2. The van der Waals surface area contributed by atoms with Gasteiger partial charge in [-0.05, 0) is 52.3 Å². The van der Waals surface area contributed by atoms with Gasteiger partial charge in [-0.25, -0.2) is 4.63 Å². The molecule has 0 bridgehead atoms. The first-order valence-electron chi connectivity index (χ1n) is 10.4. The summed E-state index contributed by atoms with van der Waals surface area (Å²) in [6, 6.07) is 16.3. The molecule has 13 nitrogen and oxygen atoms in total. The molecule has 0 saturated heterocycles. The number of nitrogens with one attached hydrogen (secondary N) is 2. The van der Waals surface area contributed by atoms with Gasteiger partial charge in [0, 0.05) is 10.6 Å². The maximum atomic E-state index is 13.0. The maximum Gasteiger partial charge on any atom is 0.292 e. The van der Waals surface area contributed by atoms with Gasteiger partial charge in [0.05, 0.1) is 11.4 Å². The van der Waals surface area contributed by atoms with Crippen LogP contribution in [-0.4, -0.2) is 43.7 Å². The highest BCUT2D eigenvalue weighted by Crippen LogP contribution is 2.26. The number of hydrogen-bond acceptors (Lipinski definition) is 11. The number of rotatable bonds is 11. The van der Waals surface area contributed by atoms with Gasteiger partial charge in [-0.1, -0.05) is 30.0 Å². The summed E-state index contributed by atoms with van der Waals surface area (Å²) >= 11 is 1.48. The van der Waals surface area contributed by atoms with E-state index in [1.54, 1.807) is 24.3 Å². The lowest BCUT2D eigenvalue weighted by molar-refractivity contribution is -0.119. The summed E-state index contributed by atoms with van der Waals surface area (Å²) in [6.45, 7) is 3.69. The summed E-state index contributed by atoms with van der Waals surface area (Å²) in [5, 5.41) is 15.4. The zero-order valence-electron chi connectivity index (χ0n) is 18.7. The molecule has 184 valence electrons. The zero-order chi connectivity index (χ0) is 25.5. The largest absolute Gasteiger partial charge is 0.484 e. The number of amides is 2. The van der Waals surface area contributed by atoms with E-state index < -0.39 is 11.8 Å². The van der Waals surface area contributed by atoms with Crippen LogP contribution >= 0.6 is 11.8 Å². The molecular weight excluding hydrogens is 486 g/mol. The first-order valence-corrected chi connectivity index (χ1v) is 11.4. The van der Waals surface area contributed by atoms with Crippen LogP contribution in [-0.2, 0) is 10.5 Å². The van der Waals surface area contributed by atoms with E-state index in [1.807, 2.05) is 30.3 Å². The van der Waals surface area contributed by atoms with Crippen molar-refractivity contribution in [3.8, 4) is 11.6 Å². The molecule has 2 aromatic heterocycles. The van der Waals surface area contributed by atoms with Gasteiger partial charge in [0.1, 0.15) is 5.75 Å². The van der Waals surface area contributed by atoms with Gasteiger partial charge in [0.15, 0.2) is 12.3 Å². The molecule has 4 rings (SSSR count). The topological polar surface area (TPSA) is 189 Å². The van der Waals surface area contributed by atoms with E-state index in [-0.39, 0.29) is 23.9 Å². The maximum absolute atomic E-state index is 13.0. The second-order valence-corrected chi connectivity index (χ2v) is 8.26. The summed E-state index contributed by atoms with van der Waals surface area (Å²) in [6.07, 6.45) is 0. The van der Waals surface area contributed by atoms with Gasteiger partial charge >= 0.3 is 0 Å². The Kier molecular flexibility index (Phi) is 7.45. The fourth-order valence-electron chi connectivity index (χ4n) is 2.95. The minimum atomic E-state index is -0.575. The minimum absolute atomic E-state index is 0.00702. The van der Waals surface area contributed by atoms with Crippen LogP contribution in [0.15, 0.2) is 70.7 Å². The lowest BCUT2D eigenvalue weighted by atomic mass is 10.2. The predicted octanol–water partition coefficient (Wildman–Crippen LogP) is 1.29. The van der Waals surface area contributed by atoms with Gasteiger partial charge in [-0.2, -0.15) is 4.68 Å². The number of thioether (sulfide) groups is 1. The normalized spacial score (nSPS) is 10.6. The minimum Gasteiger partial charge on any atom is -0.484 e. The van der Waals surface area contributed by atoms with Crippen LogP contribution in [0.4, 0.5) is 5.82 Å². The lowest BCUT2D eigenvalue weighted by Crippen LogP contribution is -2.36. The third kappa shape index (κ3) is 5.79. The van der Waals surface area contributed by atoms with Gasteiger partial charge in [0.25, 0.3) is 11.8 Å². The molecular formula is C22H21N9O4S. The van der Waals surface area contributed by atoms with Crippen molar-refractivity contribution in [2.45, 2.75) is 10.6 Å². The molecule has 36 heavy (non-hydrogen) atoms. The molecule has 2 heterocycles. The number of carbonyl (C=O) groups is 2. The SMILES string of the molecule is C=C(NNC(=O)c1nnn(-c2nonc2N)c1CSc1ccccc1)c1ccc(OCC(N)=O)cc1. The first kappa shape index (κ1) is 24.3. The van der Waals surface area contributed by atoms with Gasteiger partial charge in [0.2, 0.25) is 11.6 Å². The summed E-state index contributed by atoms with van der Waals surface area (Å²) < 4.78 is 11.2. The van der Waals surface area contributed by atoms with E-state index in [0.29, 0.717) is 28.5 Å². The van der Waals surface area contributed by atoms with Crippen molar-refractivity contribution in [1.29, 1.82) is 0 Å². The van der Waals surface area contributed by atoms with E-state index in [2.05, 4.69) is 42.7 Å². The molecule has 14 heteroatoms. The molecule has 6 N–H and O–H groups in total. The second kappa shape index (κ2) is 11.1. The number of ether oxygens (including phenoxy) is 1. The summed E-state index contributed by atoms with van der Waals surface area (Å²) in [4.78, 5) is 24.8. The molecule has 0 saturated carbocycles. The molecule has 0 aliphatic heterocycles. The van der Waals surface area contributed by atoms with Crippen LogP contribution in [0.1, 0.15) is 21.7 Å². The van der Waals surface area contributed by atoms with Crippen molar-refractivity contribution in [2.75, 3.05) is 12.3 Å². The second-order valence-electron chi connectivity index (χ2n) is 7.21. The average Bonchev–Trinajstić information content (AvgIpc) is 3.51. The fourth-order valence-corrected chi connectivity index (χ4v) is 3.87. The van der Waals surface area contributed by atoms with Crippen molar-refractivity contribution in [3.63, 3.8) is 0 Å². The molecule has 0 fully saturated rings. The van der Waals surface area contributed by atoms with E-state index in [9.17, 15) is 9.59 Å². The number of nitrogen functional groups attached to an aromatic ring is 1. The monoisotopic (exact) mass is 507 g/mol. The van der Waals surface area contributed by atoms with Crippen molar-refractivity contribution < 1.29 is 19.0 Å². The molecule has 2 amide bonds. The van der Waals surface area contributed by atoms with Crippen LogP contribution in [0.3, 0.4) is 0 Å². The van der Waals surface area contributed by atoms with Crippen molar-refractivity contribution in [3.05, 3.63) is 78.1 Å². The number of hydrogen-bond donors (Lipinski definition) is 4. The van der Waals surface area contributed by atoms with Crippen LogP contribution in [0, 0.1) is 0 Å². The number of nitrogens with zero attached hydrogens (tertiary/aromatic N) is 5. The van der Waals surface area contributed by atoms with E-state index >= 15 is 0 Å². The van der Waals surface area contributed by atoms with Gasteiger partial charge in [-0.15, -0.1) is 16.9 Å². The number of nitrogens with two attached hydrogens (primary N) is 2. The van der Waals surface area contributed by atoms with E-state index in [1.165, 1.54) is 16.4 Å². The van der Waals surface area contributed by atoms with Crippen molar-refractivity contribution in [1.82, 2.24) is 36.2 Å². The lowest BCUT2D eigenvalue weighted by Gasteiger charge is -2.12. The fraction of sp³-hybridized carbons (Fsp3) is 0.0909. The Labute approximate surface area is 208 Å². The van der Waals surface area contributed by atoms with Gasteiger partial charge < -0.3 is 16.2 Å².